The Labute approximate surface area is 149 Å². The number of nitrogens with one attached hydrogen (secondary N) is 1. The van der Waals surface area contributed by atoms with Gasteiger partial charge in [0.15, 0.2) is 0 Å². The van der Waals surface area contributed by atoms with Crippen LogP contribution in [0.4, 0.5) is 4.79 Å². The Bertz CT molecular complexity index is 721. The summed E-state index contributed by atoms with van der Waals surface area (Å²) in [6.07, 6.45) is 1.37. The average molecular weight is 394 g/mol. The highest BCUT2D eigenvalue weighted by Gasteiger charge is 2.35. The number of H-pyrrole nitrogens is 1. The van der Waals surface area contributed by atoms with E-state index in [1.54, 1.807) is 11.1 Å². The maximum atomic E-state index is 12.3. The fraction of sp³-hybridized carbons (Fsp3) is 0.412. The summed E-state index contributed by atoms with van der Waals surface area (Å²) < 4.78 is 11.9. The number of hydrogen-bond acceptors (Lipinski definition) is 4. The van der Waals surface area contributed by atoms with Crippen LogP contribution in [-0.4, -0.2) is 39.9 Å². The molecular formula is C17H20BrN3O3. The Morgan fingerprint density at radius 2 is 2.08 bits per heavy atom. The van der Waals surface area contributed by atoms with Gasteiger partial charge in [-0.3, -0.25) is 4.90 Å². The molecule has 0 aliphatic carbocycles. The molecule has 0 saturated carbocycles. The number of hydrogen-bond donors (Lipinski definition) is 1. The molecule has 0 bridgehead atoms. The SMILES string of the molecule is CC(C)(C)OC(=O)N1COC[C@H]1c1ncc(-c2ccc(Br)cc2)[nH]1. The first-order valence-corrected chi connectivity index (χ1v) is 8.51. The van der Waals surface area contributed by atoms with Crippen molar-refractivity contribution in [1.29, 1.82) is 0 Å². The number of rotatable bonds is 2. The van der Waals surface area contributed by atoms with E-state index in [-0.39, 0.29) is 12.8 Å². The summed E-state index contributed by atoms with van der Waals surface area (Å²) in [5.74, 6) is 0.691. The smallest absolute Gasteiger partial charge is 0.412 e. The molecule has 2 aromatic rings. The number of amides is 1. The molecule has 24 heavy (non-hydrogen) atoms. The molecule has 1 fully saturated rings. The Balaban J connectivity index is 1.78. The number of carbonyl (C=O) groups is 1. The van der Waals surface area contributed by atoms with Gasteiger partial charge >= 0.3 is 6.09 Å². The summed E-state index contributed by atoms with van der Waals surface area (Å²) >= 11 is 3.42. The lowest BCUT2D eigenvalue weighted by atomic mass is 10.2. The number of ether oxygens (including phenoxy) is 2. The number of carbonyl (C=O) groups excluding carboxylic acids is 1. The first-order valence-electron chi connectivity index (χ1n) is 7.72. The van der Waals surface area contributed by atoms with Gasteiger partial charge in [0.1, 0.15) is 24.2 Å². The van der Waals surface area contributed by atoms with Crippen molar-refractivity contribution in [3.8, 4) is 11.3 Å². The Morgan fingerprint density at radius 3 is 2.75 bits per heavy atom. The predicted octanol–water partition coefficient (Wildman–Crippen LogP) is 4.11. The molecule has 0 unspecified atom stereocenters. The lowest BCUT2D eigenvalue weighted by Crippen LogP contribution is -2.37. The van der Waals surface area contributed by atoms with Gasteiger partial charge in [0, 0.05) is 4.47 Å². The van der Waals surface area contributed by atoms with Crippen molar-refractivity contribution in [2.75, 3.05) is 13.3 Å². The normalized spacial score (nSPS) is 18.0. The molecule has 0 radical (unpaired) electrons. The van der Waals surface area contributed by atoms with Crippen LogP contribution in [0, 0.1) is 0 Å². The topological polar surface area (TPSA) is 67.4 Å². The van der Waals surface area contributed by atoms with Crippen LogP contribution in [0.15, 0.2) is 34.9 Å². The van der Waals surface area contributed by atoms with Crippen LogP contribution in [0.1, 0.15) is 32.6 Å². The third-order valence-corrected chi connectivity index (χ3v) is 4.11. The number of aromatic amines is 1. The minimum atomic E-state index is -0.546. The van der Waals surface area contributed by atoms with Crippen molar-refractivity contribution in [2.45, 2.75) is 32.4 Å². The monoisotopic (exact) mass is 393 g/mol. The van der Waals surface area contributed by atoms with Crippen molar-refractivity contribution in [3.63, 3.8) is 0 Å². The zero-order chi connectivity index (χ0) is 17.3. The van der Waals surface area contributed by atoms with Crippen molar-refractivity contribution in [3.05, 3.63) is 40.8 Å². The fourth-order valence-electron chi connectivity index (χ4n) is 2.45. The Morgan fingerprint density at radius 1 is 1.38 bits per heavy atom. The zero-order valence-electron chi connectivity index (χ0n) is 13.9. The Kier molecular flexibility index (Phi) is 4.64. The summed E-state index contributed by atoms with van der Waals surface area (Å²) in [5.41, 5.74) is 1.38. The van der Waals surface area contributed by atoms with Crippen LogP contribution in [0.3, 0.4) is 0 Å². The first kappa shape index (κ1) is 17.0. The van der Waals surface area contributed by atoms with Crippen LogP contribution < -0.4 is 0 Å². The van der Waals surface area contributed by atoms with Crippen molar-refractivity contribution in [2.24, 2.45) is 0 Å². The molecule has 1 aromatic heterocycles. The van der Waals surface area contributed by atoms with Crippen molar-refractivity contribution >= 4 is 22.0 Å². The van der Waals surface area contributed by atoms with E-state index in [1.807, 2.05) is 45.0 Å². The Hall–Kier alpha value is -1.86. The van der Waals surface area contributed by atoms with Crippen LogP contribution in [0.5, 0.6) is 0 Å². The van der Waals surface area contributed by atoms with E-state index in [9.17, 15) is 4.79 Å². The zero-order valence-corrected chi connectivity index (χ0v) is 15.5. The summed E-state index contributed by atoms with van der Waals surface area (Å²) in [6.45, 7) is 6.13. The number of aromatic nitrogens is 2. The number of benzene rings is 1. The molecule has 3 rings (SSSR count). The van der Waals surface area contributed by atoms with Crippen molar-refractivity contribution in [1.82, 2.24) is 14.9 Å². The van der Waals surface area contributed by atoms with E-state index in [2.05, 4.69) is 25.9 Å². The van der Waals surface area contributed by atoms with E-state index in [0.29, 0.717) is 12.4 Å². The van der Waals surface area contributed by atoms with E-state index >= 15 is 0 Å². The standard InChI is InChI=1S/C17H20BrN3O3/c1-17(2,3)24-16(22)21-10-23-9-14(21)15-19-8-13(20-15)11-4-6-12(18)7-5-11/h4-8,14H,9-10H2,1-3H3,(H,19,20)/t14-/m0/s1. The van der Waals surface area contributed by atoms with Crippen molar-refractivity contribution < 1.29 is 14.3 Å². The molecule has 1 aliphatic heterocycles. The largest absolute Gasteiger partial charge is 0.444 e. The quantitative estimate of drug-likeness (QED) is 0.833. The van der Waals surface area contributed by atoms with Crippen LogP contribution in [-0.2, 0) is 9.47 Å². The lowest BCUT2D eigenvalue weighted by Gasteiger charge is -2.26. The maximum absolute atomic E-state index is 12.3. The number of nitrogens with zero attached hydrogens (tertiary/aromatic N) is 2. The summed E-state index contributed by atoms with van der Waals surface area (Å²) in [6, 6.07) is 7.67. The number of imidazole rings is 1. The predicted molar refractivity (Wildman–Crippen MR) is 93.4 cm³/mol. The van der Waals surface area contributed by atoms with E-state index < -0.39 is 11.7 Å². The molecule has 7 heteroatoms. The molecule has 1 N–H and O–H groups in total. The summed E-state index contributed by atoms with van der Waals surface area (Å²) in [4.78, 5) is 21.6. The van der Waals surface area contributed by atoms with Gasteiger partial charge in [0.05, 0.1) is 18.5 Å². The molecule has 6 nitrogen and oxygen atoms in total. The van der Waals surface area contributed by atoms with Crippen LogP contribution >= 0.6 is 15.9 Å². The molecular weight excluding hydrogens is 374 g/mol. The lowest BCUT2D eigenvalue weighted by molar-refractivity contribution is 0.0153. The second-order valence-electron chi connectivity index (χ2n) is 6.65. The molecule has 2 heterocycles. The molecule has 1 atom stereocenters. The minimum Gasteiger partial charge on any atom is -0.444 e. The minimum absolute atomic E-state index is 0.202. The van der Waals surface area contributed by atoms with Gasteiger partial charge in [-0.2, -0.15) is 0 Å². The summed E-state index contributed by atoms with van der Waals surface area (Å²) in [5, 5.41) is 0. The summed E-state index contributed by atoms with van der Waals surface area (Å²) in [7, 11) is 0. The van der Waals surface area contributed by atoms with Crippen LogP contribution in [0.2, 0.25) is 0 Å². The van der Waals surface area contributed by atoms with E-state index in [1.165, 1.54) is 0 Å². The highest BCUT2D eigenvalue weighted by atomic mass is 79.9. The van der Waals surface area contributed by atoms with Gasteiger partial charge in [-0.1, -0.05) is 28.1 Å². The molecule has 0 spiro atoms. The third kappa shape index (κ3) is 3.79. The molecule has 1 saturated heterocycles. The maximum Gasteiger partial charge on any atom is 0.412 e. The molecule has 1 aromatic carbocycles. The molecule has 128 valence electrons. The van der Waals surface area contributed by atoms with E-state index in [4.69, 9.17) is 9.47 Å². The highest BCUT2D eigenvalue weighted by Crippen LogP contribution is 2.28. The second kappa shape index (κ2) is 6.57. The molecule has 1 amide bonds. The highest BCUT2D eigenvalue weighted by molar-refractivity contribution is 9.10. The van der Waals surface area contributed by atoms with Gasteiger partial charge in [-0.25, -0.2) is 9.78 Å². The number of halogens is 1. The molecule has 1 aliphatic rings. The van der Waals surface area contributed by atoms with Gasteiger partial charge in [0.2, 0.25) is 0 Å². The van der Waals surface area contributed by atoms with Gasteiger partial charge in [0.25, 0.3) is 0 Å². The second-order valence-corrected chi connectivity index (χ2v) is 7.57. The first-order chi connectivity index (χ1) is 11.3. The van der Waals surface area contributed by atoms with Gasteiger partial charge in [-0.05, 0) is 38.5 Å². The van der Waals surface area contributed by atoms with Gasteiger partial charge < -0.3 is 14.5 Å². The third-order valence-electron chi connectivity index (χ3n) is 3.58. The fourth-order valence-corrected chi connectivity index (χ4v) is 2.72. The van der Waals surface area contributed by atoms with E-state index in [0.717, 1.165) is 15.7 Å². The van der Waals surface area contributed by atoms with Gasteiger partial charge in [-0.15, -0.1) is 0 Å². The average Bonchev–Trinajstić information content (AvgIpc) is 3.15. The van der Waals surface area contributed by atoms with Crippen LogP contribution in [0.25, 0.3) is 11.3 Å².